The molecule has 0 aromatic rings. The minimum Gasteiger partial charge on any atom is -0.462 e. The van der Waals surface area contributed by atoms with E-state index in [1.165, 1.54) is 13.8 Å². The standard InChI is InChI=1S/C24H34O8/c1-11-19-14(32-21(11)28)9-16-23(6)15(7-8-24(16,29)20(19)27)22(4,5)17(30-12(2)25)10-18(23)31-13(3)26/h14-18,20,27,29H,7-10H2,1-6H3. The van der Waals surface area contributed by atoms with Gasteiger partial charge in [0.05, 0.1) is 5.60 Å². The van der Waals surface area contributed by atoms with Crippen molar-refractivity contribution in [2.45, 2.75) is 97.2 Å². The molecule has 8 unspecified atom stereocenters. The molecule has 0 spiro atoms. The van der Waals surface area contributed by atoms with Gasteiger partial charge in [-0.05, 0) is 32.1 Å². The van der Waals surface area contributed by atoms with E-state index >= 15 is 0 Å². The zero-order chi connectivity index (χ0) is 23.8. The van der Waals surface area contributed by atoms with Gasteiger partial charge in [0, 0.05) is 48.2 Å². The van der Waals surface area contributed by atoms with E-state index < -0.39 is 64.7 Å². The zero-order valence-electron chi connectivity index (χ0n) is 19.6. The van der Waals surface area contributed by atoms with Crippen molar-refractivity contribution in [2.24, 2.45) is 22.7 Å². The molecule has 0 aromatic carbocycles. The van der Waals surface area contributed by atoms with Crippen molar-refractivity contribution in [2.75, 3.05) is 0 Å². The predicted molar refractivity (Wildman–Crippen MR) is 112 cm³/mol. The second kappa shape index (κ2) is 7.29. The van der Waals surface area contributed by atoms with E-state index in [0.717, 1.165) is 0 Å². The van der Waals surface area contributed by atoms with Crippen LogP contribution < -0.4 is 0 Å². The second-order valence-corrected chi connectivity index (χ2v) is 10.9. The smallest absolute Gasteiger partial charge is 0.334 e. The van der Waals surface area contributed by atoms with Crippen molar-refractivity contribution in [3.63, 3.8) is 0 Å². The molecule has 8 nitrogen and oxygen atoms in total. The first-order valence-corrected chi connectivity index (χ1v) is 11.4. The second-order valence-electron chi connectivity index (χ2n) is 10.9. The molecule has 0 aromatic heterocycles. The van der Waals surface area contributed by atoms with E-state index in [9.17, 15) is 24.6 Å². The van der Waals surface area contributed by atoms with E-state index in [-0.39, 0.29) is 5.92 Å². The van der Waals surface area contributed by atoms with E-state index in [0.29, 0.717) is 36.8 Å². The molecule has 4 rings (SSSR count). The highest BCUT2D eigenvalue weighted by molar-refractivity contribution is 5.92. The molecule has 2 N–H and O–H groups in total. The third-order valence-electron chi connectivity index (χ3n) is 8.96. The van der Waals surface area contributed by atoms with Crippen LogP contribution in [0.4, 0.5) is 0 Å². The van der Waals surface area contributed by atoms with Crippen LogP contribution in [-0.2, 0) is 28.6 Å². The van der Waals surface area contributed by atoms with E-state index in [1.54, 1.807) is 6.92 Å². The van der Waals surface area contributed by atoms with Crippen molar-refractivity contribution in [3.05, 3.63) is 11.1 Å². The number of aliphatic hydroxyl groups excluding tert-OH is 1. The van der Waals surface area contributed by atoms with Gasteiger partial charge in [-0.3, -0.25) is 9.59 Å². The summed E-state index contributed by atoms with van der Waals surface area (Å²) in [6, 6.07) is 0. The Morgan fingerprint density at radius 1 is 1.03 bits per heavy atom. The Morgan fingerprint density at radius 2 is 1.62 bits per heavy atom. The third kappa shape index (κ3) is 3.05. The molecule has 178 valence electrons. The largest absolute Gasteiger partial charge is 0.462 e. The SMILES string of the molecule is CC(=O)OC1CC(OC(C)=O)C2(C)C(CCC3(O)C(O)C4=C(C)C(=O)OC4CC32)C1(C)C. The summed E-state index contributed by atoms with van der Waals surface area (Å²) in [6.45, 7) is 10.4. The van der Waals surface area contributed by atoms with Crippen LogP contribution in [0.5, 0.6) is 0 Å². The Kier molecular flexibility index (Phi) is 5.29. The average Bonchev–Trinajstić information content (AvgIpc) is 2.95. The molecule has 0 amide bonds. The van der Waals surface area contributed by atoms with Crippen LogP contribution in [0.3, 0.4) is 0 Å². The maximum atomic E-state index is 12.2. The van der Waals surface area contributed by atoms with Crippen molar-refractivity contribution in [3.8, 4) is 0 Å². The van der Waals surface area contributed by atoms with Gasteiger partial charge in [0.1, 0.15) is 24.4 Å². The maximum Gasteiger partial charge on any atom is 0.334 e. The normalized spacial score (nSPS) is 44.7. The fraction of sp³-hybridized carbons (Fsp3) is 0.792. The summed E-state index contributed by atoms with van der Waals surface area (Å²) >= 11 is 0. The van der Waals surface area contributed by atoms with E-state index in [2.05, 4.69) is 0 Å². The summed E-state index contributed by atoms with van der Waals surface area (Å²) in [5, 5.41) is 23.2. The van der Waals surface area contributed by atoms with Crippen LogP contribution in [0.2, 0.25) is 0 Å². The van der Waals surface area contributed by atoms with E-state index in [1.807, 2.05) is 20.8 Å². The lowest BCUT2D eigenvalue weighted by Gasteiger charge is -2.66. The molecule has 32 heavy (non-hydrogen) atoms. The molecule has 0 saturated heterocycles. The Balaban J connectivity index is 1.81. The number of rotatable bonds is 2. The molecule has 3 fully saturated rings. The molecule has 4 aliphatic rings. The maximum absolute atomic E-state index is 12.2. The minimum atomic E-state index is -1.48. The average molecular weight is 451 g/mol. The summed E-state index contributed by atoms with van der Waals surface area (Å²) in [4.78, 5) is 36.1. The van der Waals surface area contributed by atoms with Gasteiger partial charge < -0.3 is 24.4 Å². The van der Waals surface area contributed by atoms with Gasteiger partial charge in [-0.1, -0.05) is 20.8 Å². The molecule has 8 atom stereocenters. The Bertz CT molecular complexity index is 890. The number of hydrogen-bond acceptors (Lipinski definition) is 8. The molecule has 3 saturated carbocycles. The highest BCUT2D eigenvalue weighted by Gasteiger charge is 2.70. The lowest BCUT2D eigenvalue weighted by Crippen LogP contribution is -2.71. The monoisotopic (exact) mass is 450 g/mol. The van der Waals surface area contributed by atoms with Gasteiger partial charge in [0.15, 0.2) is 0 Å². The molecule has 8 heteroatoms. The first kappa shape index (κ1) is 23.2. The van der Waals surface area contributed by atoms with Crippen LogP contribution in [0.1, 0.15) is 67.2 Å². The molecule has 3 aliphatic carbocycles. The van der Waals surface area contributed by atoms with Crippen LogP contribution in [0.15, 0.2) is 11.1 Å². The minimum absolute atomic E-state index is 0.0707. The summed E-state index contributed by atoms with van der Waals surface area (Å²) in [7, 11) is 0. The van der Waals surface area contributed by atoms with Gasteiger partial charge in [0.2, 0.25) is 0 Å². The molecule has 1 heterocycles. The lowest BCUT2D eigenvalue weighted by molar-refractivity contribution is -0.275. The summed E-state index contributed by atoms with van der Waals surface area (Å²) in [5.74, 6) is -1.87. The molecule has 0 radical (unpaired) electrons. The fourth-order valence-corrected chi connectivity index (χ4v) is 7.48. The first-order valence-electron chi connectivity index (χ1n) is 11.4. The topological polar surface area (TPSA) is 119 Å². The number of aliphatic hydroxyl groups is 2. The summed E-state index contributed by atoms with van der Waals surface area (Å²) in [6.07, 6.45) is -1.42. The number of hydrogen-bond donors (Lipinski definition) is 2. The van der Waals surface area contributed by atoms with E-state index in [4.69, 9.17) is 14.2 Å². The summed E-state index contributed by atoms with van der Waals surface area (Å²) < 4.78 is 17.0. The quantitative estimate of drug-likeness (QED) is 0.485. The van der Waals surface area contributed by atoms with Crippen LogP contribution in [0, 0.1) is 22.7 Å². The first-order chi connectivity index (χ1) is 14.7. The van der Waals surface area contributed by atoms with Crippen molar-refractivity contribution in [1.82, 2.24) is 0 Å². The Hall–Kier alpha value is -1.93. The number of fused-ring (bicyclic) bond motifs is 4. The van der Waals surface area contributed by atoms with Crippen LogP contribution >= 0.6 is 0 Å². The molecule has 0 bridgehead atoms. The Labute approximate surface area is 188 Å². The highest BCUT2D eigenvalue weighted by atomic mass is 16.6. The third-order valence-corrected chi connectivity index (χ3v) is 8.96. The predicted octanol–water partition coefficient (Wildman–Crippen LogP) is 2.05. The van der Waals surface area contributed by atoms with Gasteiger partial charge >= 0.3 is 17.9 Å². The summed E-state index contributed by atoms with van der Waals surface area (Å²) in [5.41, 5.74) is -1.84. The number of carbonyl (C=O) groups excluding carboxylic acids is 3. The molecular formula is C24H34O8. The Morgan fingerprint density at radius 3 is 2.22 bits per heavy atom. The number of carbonyl (C=O) groups is 3. The zero-order valence-corrected chi connectivity index (χ0v) is 19.6. The van der Waals surface area contributed by atoms with Gasteiger partial charge in [0.25, 0.3) is 0 Å². The van der Waals surface area contributed by atoms with Gasteiger partial charge in [-0.25, -0.2) is 4.79 Å². The van der Waals surface area contributed by atoms with Crippen molar-refractivity contribution < 1.29 is 38.8 Å². The van der Waals surface area contributed by atoms with Crippen molar-refractivity contribution in [1.29, 1.82) is 0 Å². The van der Waals surface area contributed by atoms with Crippen molar-refractivity contribution >= 4 is 17.9 Å². The lowest BCUT2D eigenvalue weighted by atomic mass is 9.41. The molecular weight excluding hydrogens is 416 g/mol. The number of esters is 3. The van der Waals surface area contributed by atoms with Crippen LogP contribution in [0.25, 0.3) is 0 Å². The van der Waals surface area contributed by atoms with Crippen LogP contribution in [-0.4, -0.2) is 58.1 Å². The number of ether oxygens (including phenoxy) is 3. The fourth-order valence-electron chi connectivity index (χ4n) is 7.48. The van der Waals surface area contributed by atoms with Gasteiger partial charge in [-0.15, -0.1) is 0 Å². The highest BCUT2D eigenvalue weighted by Crippen LogP contribution is 2.66. The molecule has 1 aliphatic heterocycles. The van der Waals surface area contributed by atoms with Gasteiger partial charge in [-0.2, -0.15) is 0 Å².